The normalized spacial score (nSPS) is 9.64. The fraction of sp³-hybridized carbons (Fsp3) is 0.208. The van der Waals surface area contributed by atoms with E-state index in [2.05, 4.69) is 71.8 Å². The predicted molar refractivity (Wildman–Crippen MR) is 140 cm³/mol. The van der Waals surface area contributed by atoms with Crippen molar-refractivity contribution in [1.29, 1.82) is 0 Å². The third kappa shape index (κ3) is 8.29. The fourth-order valence-electron chi connectivity index (χ4n) is 2.66. The molecule has 0 bridgehead atoms. The summed E-state index contributed by atoms with van der Waals surface area (Å²) in [4.78, 5) is 16.3. The van der Waals surface area contributed by atoms with Gasteiger partial charge in [0, 0.05) is 29.2 Å². The number of anilines is 1. The molecule has 168 valence electrons. The minimum atomic E-state index is -0.351. The van der Waals surface area contributed by atoms with E-state index < -0.39 is 0 Å². The number of carbonyl (C=O) groups is 1. The summed E-state index contributed by atoms with van der Waals surface area (Å²) >= 11 is 3.36. The van der Waals surface area contributed by atoms with Crippen LogP contribution in [-0.4, -0.2) is 33.0 Å². The Bertz CT molecular complexity index is 1190. The number of hydrogen-bond acceptors (Lipinski definition) is 6. The van der Waals surface area contributed by atoms with Gasteiger partial charge in [-0.3, -0.25) is 5.43 Å². The van der Waals surface area contributed by atoms with Gasteiger partial charge in [-0.2, -0.15) is 9.36 Å². The monoisotopic (exact) mass is 571 g/mol. The molecular formula is C24H22IN5O2S. The van der Waals surface area contributed by atoms with Gasteiger partial charge >= 0.3 is 6.03 Å². The molecule has 0 saturated heterocycles. The second kappa shape index (κ2) is 13.3. The van der Waals surface area contributed by atoms with E-state index in [4.69, 9.17) is 4.74 Å². The van der Waals surface area contributed by atoms with Crippen molar-refractivity contribution >= 4 is 45.3 Å². The molecule has 1 aromatic heterocycles. The quantitative estimate of drug-likeness (QED) is 0.123. The van der Waals surface area contributed by atoms with Crippen molar-refractivity contribution in [3.63, 3.8) is 0 Å². The van der Waals surface area contributed by atoms with Crippen molar-refractivity contribution in [3.8, 4) is 40.8 Å². The van der Waals surface area contributed by atoms with Crippen LogP contribution in [0.2, 0.25) is 0 Å². The lowest BCUT2D eigenvalue weighted by Crippen LogP contribution is -2.39. The molecule has 0 radical (unpaired) electrons. The predicted octanol–water partition coefficient (Wildman–Crippen LogP) is 4.40. The van der Waals surface area contributed by atoms with Crippen LogP contribution in [0.1, 0.15) is 17.5 Å². The average molecular weight is 571 g/mol. The summed E-state index contributed by atoms with van der Waals surface area (Å²) in [6, 6.07) is 15.1. The Morgan fingerprint density at radius 1 is 1.18 bits per heavy atom. The van der Waals surface area contributed by atoms with E-state index >= 15 is 0 Å². The molecule has 3 N–H and O–H groups in total. The molecule has 0 unspecified atom stereocenters. The highest BCUT2D eigenvalue weighted by Crippen LogP contribution is 2.20. The molecule has 2 aromatic carbocycles. The molecule has 0 aliphatic carbocycles. The number of nitrogens with one attached hydrogen (secondary N) is 3. The molecule has 0 atom stereocenters. The van der Waals surface area contributed by atoms with Crippen LogP contribution in [0, 0.1) is 30.6 Å². The summed E-state index contributed by atoms with van der Waals surface area (Å²) < 4.78 is 10.9. The summed E-state index contributed by atoms with van der Waals surface area (Å²) in [5.41, 5.74) is 8.15. The summed E-state index contributed by atoms with van der Waals surface area (Å²) in [5.74, 6) is 13.0. The van der Waals surface area contributed by atoms with Crippen LogP contribution in [-0.2, 0) is 0 Å². The molecule has 0 saturated carbocycles. The molecule has 3 rings (SSSR count). The van der Waals surface area contributed by atoms with Gasteiger partial charge in [-0.1, -0.05) is 64.8 Å². The topological polar surface area (TPSA) is 88.2 Å². The largest absolute Gasteiger partial charge is 0.493 e. The number of halogens is 1. The fourth-order valence-corrected chi connectivity index (χ4v) is 3.39. The highest BCUT2D eigenvalue weighted by atomic mass is 127. The highest BCUT2D eigenvalue weighted by Gasteiger charge is 2.07. The number of amides is 2. The van der Waals surface area contributed by atoms with Crippen LogP contribution in [0.4, 0.5) is 9.93 Å². The highest BCUT2D eigenvalue weighted by molar-refractivity contribution is 14.1. The first kappa shape index (κ1) is 24.4. The maximum absolute atomic E-state index is 12.0. The number of hydrogen-bond donors (Lipinski definition) is 3. The van der Waals surface area contributed by atoms with Gasteiger partial charge in [0.2, 0.25) is 5.13 Å². The first-order chi connectivity index (χ1) is 16.2. The van der Waals surface area contributed by atoms with Crippen molar-refractivity contribution in [2.24, 2.45) is 0 Å². The number of alkyl halides is 1. The van der Waals surface area contributed by atoms with Crippen molar-refractivity contribution in [1.82, 2.24) is 20.1 Å². The molecule has 1 heterocycles. The van der Waals surface area contributed by atoms with E-state index in [-0.39, 0.29) is 6.03 Å². The van der Waals surface area contributed by atoms with E-state index in [9.17, 15) is 4.79 Å². The maximum Gasteiger partial charge on any atom is 0.333 e. The van der Waals surface area contributed by atoms with Gasteiger partial charge in [0.15, 0.2) is 5.82 Å². The van der Waals surface area contributed by atoms with E-state index in [0.29, 0.717) is 30.5 Å². The lowest BCUT2D eigenvalue weighted by Gasteiger charge is -2.10. The standard InChI is InChI=1S/C24H22IN5O2S/c1-18-17-19(9-4-3-7-14-25)12-13-21(18)32-16-8-15-26-23(31)28-29-24-27-22(30-33-24)20-10-5-2-6-11-20/h2,5-6,10-13,17H,8,14-16H2,1H3,(H2,26,28,31)(H,27,29,30). The van der Waals surface area contributed by atoms with E-state index in [1.54, 1.807) is 0 Å². The third-order valence-electron chi connectivity index (χ3n) is 4.20. The van der Waals surface area contributed by atoms with Crippen molar-refractivity contribution < 1.29 is 9.53 Å². The first-order valence-corrected chi connectivity index (χ1v) is 12.4. The van der Waals surface area contributed by atoms with Gasteiger partial charge < -0.3 is 10.1 Å². The van der Waals surface area contributed by atoms with Gasteiger partial charge in [-0.25, -0.2) is 10.2 Å². The number of carbonyl (C=O) groups excluding carboxylic acids is 1. The summed E-state index contributed by atoms with van der Waals surface area (Å²) in [6.07, 6.45) is 0.664. The number of rotatable bonds is 8. The van der Waals surface area contributed by atoms with Gasteiger partial charge in [0.05, 0.1) is 11.0 Å². The molecule has 7 nitrogen and oxygen atoms in total. The number of hydrazine groups is 1. The first-order valence-electron chi connectivity index (χ1n) is 10.1. The molecule has 2 amide bonds. The average Bonchev–Trinajstić information content (AvgIpc) is 3.31. The maximum atomic E-state index is 12.0. The molecule has 0 aliphatic rings. The van der Waals surface area contributed by atoms with Crippen LogP contribution in [0.25, 0.3) is 11.4 Å². The number of nitrogens with zero attached hydrogens (tertiary/aromatic N) is 2. The van der Waals surface area contributed by atoms with Crippen LogP contribution < -0.4 is 20.9 Å². The summed E-state index contributed by atoms with van der Waals surface area (Å²) in [6.45, 7) is 2.93. The molecule has 3 aromatic rings. The van der Waals surface area contributed by atoms with Crippen LogP contribution >= 0.6 is 34.1 Å². The number of aryl methyl sites for hydroxylation is 1. The second-order valence-electron chi connectivity index (χ2n) is 6.66. The zero-order chi connectivity index (χ0) is 23.3. The summed E-state index contributed by atoms with van der Waals surface area (Å²) in [5, 5.41) is 3.27. The Kier molecular flexibility index (Phi) is 9.83. The van der Waals surface area contributed by atoms with E-state index in [1.807, 2.05) is 55.5 Å². The smallest absolute Gasteiger partial charge is 0.333 e. The van der Waals surface area contributed by atoms with Crippen molar-refractivity contribution in [2.45, 2.75) is 13.3 Å². The lowest BCUT2D eigenvalue weighted by molar-refractivity contribution is 0.241. The van der Waals surface area contributed by atoms with Gasteiger partial charge in [0.1, 0.15) is 5.75 Å². The second-order valence-corrected chi connectivity index (χ2v) is 8.18. The van der Waals surface area contributed by atoms with Crippen LogP contribution in [0.3, 0.4) is 0 Å². The zero-order valence-corrected chi connectivity index (χ0v) is 20.9. The Hall–Kier alpha value is -3.28. The Morgan fingerprint density at radius 3 is 2.82 bits per heavy atom. The molecule has 9 heteroatoms. The Labute approximate surface area is 211 Å². The van der Waals surface area contributed by atoms with Gasteiger partial charge in [-0.05, 0) is 48.9 Å². The zero-order valence-electron chi connectivity index (χ0n) is 17.9. The third-order valence-corrected chi connectivity index (χ3v) is 5.22. The number of aromatic nitrogens is 2. The summed E-state index contributed by atoms with van der Waals surface area (Å²) in [7, 11) is 0. The van der Waals surface area contributed by atoms with E-state index in [1.165, 1.54) is 11.5 Å². The Balaban J connectivity index is 1.34. The molecule has 0 aliphatic heterocycles. The Morgan fingerprint density at radius 2 is 2.03 bits per heavy atom. The lowest BCUT2D eigenvalue weighted by atomic mass is 10.1. The minimum Gasteiger partial charge on any atom is -0.493 e. The minimum absolute atomic E-state index is 0.351. The molecule has 0 fully saturated rings. The van der Waals surface area contributed by atoms with Gasteiger partial charge in [-0.15, -0.1) is 0 Å². The number of benzene rings is 2. The van der Waals surface area contributed by atoms with Gasteiger partial charge in [0.25, 0.3) is 0 Å². The number of ether oxygens (including phenoxy) is 1. The van der Waals surface area contributed by atoms with E-state index in [0.717, 1.165) is 26.9 Å². The van der Waals surface area contributed by atoms with Crippen molar-refractivity contribution in [2.75, 3.05) is 23.0 Å². The number of urea groups is 1. The molecule has 33 heavy (non-hydrogen) atoms. The van der Waals surface area contributed by atoms with Crippen LogP contribution in [0.15, 0.2) is 48.5 Å². The molecule has 0 spiro atoms. The van der Waals surface area contributed by atoms with Crippen molar-refractivity contribution in [3.05, 3.63) is 59.7 Å². The molecular weight excluding hydrogens is 549 g/mol. The van der Waals surface area contributed by atoms with Crippen LogP contribution in [0.5, 0.6) is 5.75 Å². The SMILES string of the molecule is Cc1cc(C#CC#CCI)ccc1OCCCNC(=O)NNc1nc(-c2ccccc2)ns1.